The zero-order valence-corrected chi connectivity index (χ0v) is 11.0. The highest BCUT2D eigenvalue weighted by Gasteiger charge is 2.11. The van der Waals surface area contributed by atoms with Gasteiger partial charge in [0.1, 0.15) is 5.75 Å². The van der Waals surface area contributed by atoms with Crippen LogP contribution < -0.4 is 4.74 Å². The van der Waals surface area contributed by atoms with Crippen molar-refractivity contribution in [3.05, 3.63) is 24.3 Å². The van der Waals surface area contributed by atoms with E-state index < -0.39 is 9.84 Å². The Morgan fingerprint density at radius 3 is 2.00 bits per heavy atom. The fourth-order valence-electron chi connectivity index (χ4n) is 1.08. The van der Waals surface area contributed by atoms with Gasteiger partial charge < -0.3 is 4.74 Å². The number of hydrogen-bond acceptors (Lipinski definition) is 3. The molecular weight excluding hydrogens is 224 g/mol. The van der Waals surface area contributed by atoms with Gasteiger partial charge in [0, 0.05) is 6.26 Å². The van der Waals surface area contributed by atoms with Crippen LogP contribution in [0.3, 0.4) is 0 Å². The first kappa shape index (κ1) is 13.0. The average molecular weight is 242 g/mol. The highest BCUT2D eigenvalue weighted by atomic mass is 32.2. The van der Waals surface area contributed by atoms with E-state index in [4.69, 9.17) is 4.74 Å². The molecule has 0 spiro atoms. The molecule has 0 aromatic heterocycles. The Balaban J connectivity index is 2.73. The fraction of sp³-hybridized carbons (Fsp3) is 0.500. The predicted molar refractivity (Wildman–Crippen MR) is 64.5 cm³/mol. The summed E-state index contributed by atoms with van der Waals surface area (Å²) in [6.45, 7) is 6.85. The van der Waals surface area contributed by atoms with E-state index in [2.05, 4.69) is 20.8 Å². The zero-order valence-electron chi connectivity index (χ0n) is 10.1. The molecule has 0 aliphatic heterocycles. The van der Waals surface area contributed by atoms with Gasteiger partial charge in [0.05, 0.1) is 11.5 Å². The molecule has 0 N–H and O–H groups in total. The fourth-order valence-corrected chi connectivity index (χ4v) is 1.71. The molecule has 1 aromatic rings. The number of rotatable bonds is 3. The normalized spacial score (nSPS) is 12.5. The summed E-state index contributed by atoms with van der Waals surface area (Å²) in [5.41, 5.74) is 0.0928. The average Bonchev–Trinajstić information content (AvgIpc) is 2.13. The van der Waals surface area contributed by atoms with Crippen LogP contribution in [0.5, 0.6) is 5.75 Å². The molecule has 0 amide bonds. The molecule has 1 aromatic carbocycles. The van der Waals surface area contributed by atoms with Crippen molar-refractivity contribution in [3.63, 3.8) is 0 Å². The standard InChI is InChI=1S/C12H18O3S/c1-12(2,3)9-15-10-5-7-11(8-6-10)16(4,13)14/h5-8H,9H2,1-4H3. The highest BCUT2D eigenvalue weighted by Crippen LogP contribution is 2.19. The molecular formula is C12H18O3S. The van der Waals surface area contributed by atoms with Crippen LogP contribution in [-0.2, 0) is 9.84 Å². The Morgan fingerprint density at radius 1 is 1.12 bits per heavy atom. The lowest BCUT2D eigenvalue weighted by Crippen LogP contribution is -2.16. The number of benzene rings is 1. The predicted octanol–water partition coefficient (Wildman–Crippen LogP) is 2.52. The van der Waals surface area contributed by atoms with Crippen molar-refractivity contribution in [3.8, 4) is 5.75 Å². The van der Waals surface area contributed by atoms with E-state index >= 15 is 0 Å². The lowest BCUT2D eigenvalue weighted by atomic mass is 9.99. The van der Waals surface area contributed by atoms with Gasteiger partial charge in [-0.1, -0.05) is 20.8 Å². The summed E-state index contributed by atoms with van der Waals surface area (Å²) in [5.74, 6) is 0.697. The molecule has 4 heteroatoms. The van der Waals surface area contributed by atoms with Crippen LogP contribution in [0.2, 0.25) is 0 Å². The first-order valence-corrected chi connectivity index (χ1v) is 7.00. The van der Waals surface area contributed by atoms with E-state index in [1.807, 2.05) is 0 Å². The molecule has 16 heavy (non-hydrogen) atoms. The van der Waals surface area contributed by atoms with E-state index in [1.54, 1.807) is 24.3 Å². The van der Waals surface area contributed by atoms with Gasteiger partial charge in [-0.2, -0.15) is 0 Å². The summed E-state index contributed by atoms with van der Waals surface area (Å²) in [6.07, 6.45) is 1.19. The van der Waals surface area contributed by atoms with E-state index in [9.17, 15) is 8.42 Å². The smallest absolute Gasteiger partial charge is 0.175 e. The molecule has 0 aliphatic carbocycles. The van der Waals surface area contributed by atoms with Gasteiger partial charge in [-0.3, -0.25) is 0 Å². The van der Waals surface area contributed by atoms with Crippen molar-refractivity contribution in [2.75, 3.05) is 12.9 Å². The Labute approximate surface area is 97.4 Å². The first-order valence-electron chi connectivity index (χ1n) is 5.11. The van der Waals surface area contributed by atoms with Crippen LogP contribution in [0.4, 0.5) is 0 Å². The van der Waals surface area contributed by atoms with Crippen molar-refractivity contribution in [2.45, 2.75) is 25.7 Å². The third-order valence-electron chi connectivity index (χ3n) is 1.92. The van der Waals surface area contributed by atoms with Crippen molar-refractivity contribution >= 4 is 9.84 Å². The van der Waals surface area contributed by atoms with Crippen LogP contribution in [0, 0.1) is 5.41 Å². The minimum absolute atomic E-state index is 0.0928. The number of ether oxygens (including phenoxy) is 1. The van der Waals surface area contributed by atoms with Crippen molar-refractivity contribution in [1.82, 2.24) is 0 Å². The minimum atomic E-state index is -3.12. The van der Waals surface area contributed by atoms with Crippen molar-refractivity contribution in [2.24, 2.45) is 5.41 Å². The summed E-state index contributed by atoms with van der Waals surface area (Å²) in [7, 11) is -3.12. The lowest BCUT2D eigenvalue weighted by molar-refractivity contribution is 0.198. The second-order valence-electron chi connectivity index (χ2n) is 5.09. The van der Waals surface area contributed by atoms with Crippen LogP contribution >= 0.6 is 0 Å². The quantitative estimate of drug-likeness (QED) is 0.818. The molecule has 0 radical (unpaired) electrons. The highest BCUT2D eigenvalue weighted by molar-refractivity contribution is 7.90. The Kier molecular flexibility index (Phi) is 3.63. The van der Waals surface area contributed by atoms with Gasteiger partial charge in [0.2, 0.25) is 0 Å². The molecule has 0 fully saturated rings. The molecule has 1 rings (SSSR count). The summed E-state index contributed by atoms with van der Waals surface area (Å²) < 4.78 is 28.0. The van der Waals surface area contributed by atoms with Gasteiger partial charge in [-0.05, 0) is 29.7 Å². The van der Waals surface area contributed by atoms with E-state index in [1.165, 1.54) is 6.26 Å². The topological polar surface area (TPSA) is 43.4 Å². The molecule has 3 nitrogen and oxygen atoms in total. The monoisotopic (exact) mass is 242 g/mol. The van der Waals surface area contributed by atoms with Gasteiger partial charge in [-0.25, -0.2) is 8.42 Å². The minimum Gasteiger partial charge on any atom is -0.493 e. The Bertz CT molecular complexity index is 438. The zero-order chi connectivity index (χ0) is 12.4. The SMILES string of the molecule is CC(C)(C)COc1ccc(S(C)(=O)=O)cc1. The van der Waals surface area contributed by atoms with Crippen LogP contribution in [0.1, 0.15) is 20.8 Å². The van der Waals surface area contributed by atoms with Gasteiger partial charge >= 0.3 is 0 Å². The van der Waals surface area contributed by atoms with E-state index in [0.29, 0.717) is 17.3 Å². The molecule has 0 unspecified atom stereocenters. The Hall–Kier alpha value is -1.03. The molecule has 90 valence electrons. The van der Waals surface area contributed by atoms with Crippen molar-refractivity contribution in [1.29, 1.82) is 0 Å². The van der Waals surface area contributed by atoms with Gasteiger partial charge in [0.25, 0.3) is 0 Å². The second kappa shape index (κ2) is 4.45. The Morgan fingerprint density at radius 2 is 1.62 bits per heavy atom. The maximum Gasteiger partial charge on any atom is 0.175 e. The molecule has 0 saturated carbocycles. The third-order valence-corrected chi connectivity index (χ3v) is 3.05. The van der Waals surface area contributed by atoms with E-state index in [-0.39, 0.29) is 5.41 Å². The van der Waals surface area contributed by atoms with Crippen molar-refractivity contribution < 1.29 is 13.2 Å². The summed E-state index contributed by atoms with van der Waals surface area (Å²) >= 11 is 0. The molecule has 0 atom stereocenters. The largest absolute Gasteiger partial charge is 0.493 e. The molecule has 0 saturated heterocycles. The molecule has 0 heterocycles. The van der Waals surface area contributed by atoms with E-state index in [0.717, 1.165) is 0 Å². The van der Waals surface area contributed by atoms with Crippen LogP contribution in [0.15, 0.2) is 29.2 Å². The summed E-state index contributed by atoms with van der Waals surface area (Å²) in [4.78, 5) is 0.315. The lowest BCUT2D eigenvalue weighted by Gasteiger charge is -2.18. The summed E-state index contributed by atoms with van der Waals surface area (Å²) in [6, 6.07) is 6.49. The summed E-state index contributed by atoms with van der Waals surface area (Å²) in [5, 5.41) is 0. The molecule has 0 bridgehead atoms. The first-order chi connectivity index (χ1) is 7.18. The van der Waals surface area contributed by atoms with Gasteiger partial charge in [-0.15, -0.1) is 0 Å². The maximum atomic E-state index is 11.2. The molecule has 0 aliphatic rings. The van der Waals surface area contributed by atoms with Crippen LogP contribution in [0.25, 0.3) is 0 Å². The second-order valence-corrected chi connectivity index (χ2v) is 7.11. The van der Waals surface area contributed by atoms with Crippen LogP contribution in [-0.4, -0.2) is 21.3 Å². The van der Waals surface area contributed by atoms with Gasteiger partial charge in [0.15, 0.2) is 9.84 Å². The third kappa shape index (κ3) is 4.23. The maximum absolute atomic E-state index is 11.2. The number of sulfone groups is 1. The number of hydrogen-bond donors (Lipinski definition) is 0.